The molecule has 0 spiro atoms. The summed E-state index contributed by atoms with van der Waals surface area (Å²) in [6.07, 6.45) is 0. The Balaban J connectivity index is 1.88. The van der Waals surface area contributed by atoms with Crippen LogP contribution >= 0.6 is 34.4 Å². The number of nitrogens with two attached hydrogens (primary N) is 1. The van der Waals surface area contributed by atoms with E-state index in [4.69, 9.17) is 5.73 Å². The molecular weight excluding hydrogens is 419 g/mol. The van der Waals surface area contributed by atoms with Gasteiger partial charge in [0.1, 0.15) is 0 Å². The number of rotatable bonds is 6. The van der Waals surface area contributed by atoms with E-state index in [2.05, 4.69) is 27.3 Å². The maximum absolute atomic E-state index is 12.0. The molecule has 21 heavy (non-hydrogen) atoms. The molecule has 2 rings (SSSR count). The molecule has 3 N–H and O–H groups in total. The third-order valence-electron chi connectivity index (χ3n) is 2.60. The van der Waals surface area contributed by atoms with Gasteiger partial charge in [-0.15, -0.1) is 11.8 Å². The van der Waals surface area contributed by atoms with Gasteiger partial charge in [0, 0.05) is 25.6 Å². The van der Waals surface area contributed by atoms with Crippen LogP contribution in [0.1, 0.15) is 0 Å². The Morgan fingerprint density at radius 1 is 1.14 bits per heavy atom. The lowest BCUT2D eigenvalue weighted by molar-refractivity contribution is 0.602. The van der Waals surface area contributed by atoms with E-state index in [9.17, 15) is 8.42 Å². The lowest BCUT2D eigenvalue weighted by Crippen LogP contribution is -2.18. The van der Waals surface area contributed by atoms with E-state index in [1.807, 2.05) is 24.3 Å². The van der Waals surface area contributed by atoms with Crippen LogP contribution < -0.4 is 10.5 Å². The van der Waals surface area contributed by atoms with Gasteiger partial charge < -0.3 is 5.73 Å². The standard InChI is InChI=1S/C14H15IN2O2S2/c15-11-2-1-3-13(10-11)17-21(18,19)9-8-20-14-6-4-12(16)5-7-14/h1-7,10,17H,8-9,16H2. The van der Waals surface area contributed by atoms with Crippen LogP contribution in [0.25, 0.3) is 0 Å². The Morgan fingerprint density at radius 2 is 1.86 bits per heavy atom. The van der Waals surface area contributed by atoms with Crippen LogP contribution in [0.4, 0.5) is 11.4 Å². The van der Waals surface area contributed by atoms with E-state index in [0.29, 0.717) is 17.1 Å². The molecule has 0 heterocycles. The Morgan fingerprint density at radius 3 is 2.52 bits per heavy atom. The zero-order valence-electron chi connectivity index (χ0n) is 11.1. The van der Waals surface area contributed by atoms with Crippen LogP contribution in [0.3, 0.4) is 0 Å². The molecule has 0 aliphatic heterocycles. The third-order valence-corrected chi connectivity index (χ3v) is 5.83. The molecular formula is C14H15IN2O2S2. The number of benzene rings is 2. The summed E-state index contributed by atoms with van der Waals surface area (Å²) in [5, 5.41) is 0. The minimum Gasteiger partial charge on any atom is -0.399 e. The molecule has 0 aliphatic carbocycles. The molecule has 112 valence electrons. The van der Waals surface area contributed by atoms with E-state index in [1.54, 1.807) is 24.3 Å². The highest BCUT2D eigenvalue weighted by atomic mass is 127. The molecule has 0 bridgehead atoms. The Kier molecular flexibility index (Phi) is 5.77. The molecule has 0 aromatic heterocycles. The van der Waals surface area contributed by atoms with Crippen LogP contribution in [0.15, 0.2) is 53.4 Å². The van der Waals surface area contributed by atoms with E-state index in [0.717, 1.165) is 8.47 Å². The molecule has 7 heteroatoms. The average molecular weight is 434 g/mol. The molecule has 2 aromatic carbocycles. The van der Waals surface area contributed by atoms with Gasteiger partial charge >= 0.3 is 0 Å². The zero-order chi connectivity index (χ0) is 15.3. The van der Waals surface area contributed by atoms with Gasteiger partial charge in [0.05, 0.1) is 5.75 Å². The summed E-state index contributed by atoms with van der Waals surface area (Å²) in [5.74, 6) is 0.552. The Labute approximate surface area is 142 Å². The highest BCUT2D eigenvalue weighted by Gasteiger charge is 2.10. The van der Waals surface area contributed by atoms with E-state index < -0.39 is 10.0 Å². The second-order valence-electron chi connectivity index (χ2n) is 4.35. The van der Waals surface area contributed by atoms with Gasteiger partial charge in [-0.1, -0.05) is 6.07 Å². The molecule has 2 aromatic rings. The van der Waals surface area contributed by atoms with Crippen LogP contribution in [-0.2, 0) is 10.0 Å². The van der Waals surface area contributed by atoms with Crippen molar-refractivity contribution >= 4 is 55.8 Å². The normalized spacial score (nSPS) is 11.3. The zero-order valence-corrected chi connectivity index (χ0v) is 14.9. The quantitative estimate of drug-likeness (QED) is 0.415. The van der Waals surface area contributed by atoms with Crippen molar-refractivity contribution in [1.29, 1.82) is 0 Å². The maximum Gasteiger partial charge on any atom is 0.233 e. The third kappa shape index (κ3) is 5.76. The first-order valence-electron chi connectivity index (χ1n) is 6.19. The average Bonchev–Trinajstić information content (AvgIpc) is 2.40. The van der Waals surface area contributed by atoms with Crippen molar-refractivity contribution in [3.8, 4) is 0 Å². The van der Waals surface area contributed by atoms with Crippen LogP contribution in [0, 0.1) is 3.57 Å². The molecule has 0 saturated heterocycles. The number of sulfonamides is 1. The van der Waals surface area contributed by atoms with Crippen molar-refractivity contribution in [3.63, 3.8) is 0 Å². The lowest BCUT2D eigenvalue weighted by atomic mass is 10.3. The Hall–Kier alpha value is -0.930. The van der Waals surface area contributed by atoms with Crippen molar-refractivity contribution in [1.82, 2.24) is 0 Å². The minimum absolute atomic E-state index is 0.0630. The molecule has 0 unspecified atom stereocenters. The summed E-state index contributed by atoms with van der Waals surface area (Å²) in [7, 11) is -3.33. The van der Waals surface area contributed by atoms with Gasteiger partial charge in [0.15, 0.2) is 0 Å². The summed E-state index contributed by atoms with van der Waals surface area (Å²) >= 11 is 3.64. The summed E-state index contributed by atoms with van der Waals surface area (Å²) in [5.41, 5.74) is 6.90. The monoisotopic (exact) mass is 434 g/mol. The summed E-state index contributed by atoms with van der Waals surface area (Å²) in [6.45, 7) is 0. The predicted molar refractivity (Wildman–Crippen MR) is 98.1 cm³/mol. The van der Waals surface area contributed by atoms with Crippen molar-refractivity contribution < 1.29 is 8.42 Å². The van der Waals surface area contributed by atoms with Gasteiger partial charge in [-0.05, 0) is 65.1 Å². The van der Waals surface area contributed by atoms with Crippen molar-refractivity contribution in [2.24, 2.45) is 0 Å². The summed E-state index contributed by atoms with van der Waals surface area (Å²) < 4.78 is 27.6. The Bertz CT molecular complexity index is 703. The number of nitrogens with one attached hydrogen (secondary N) is 1. The summed E-state index contributed by atoms with van der Waals surface area (Å²) in [4.78, 5) is 1.01. The predicted octanol–water partition coefficient (Wildman–Crippen LogP) is 3.41. The minimum atomic E-state index is -3.33. The summed E-state index contributed by atoms with van der Waals surface area (Å²) in [6, 6.07) is 14.7. The molecule has 0 aliphatic rings. The van der Waals surface area contributed by atoms with E-state index in [-0.39, 0.29) is 5.75 Å². The number of thioether (sulfide) groups is 1. The van der Waals surface area contributed by atoms with Crippen LogP contribution in [-0.4, -0.2) is 19.9 Å². The largest absolute Gasteiger partial charge is 0.399 e. The fourth-order valence-corrected chi connectivity index (χ4v) is 4.52. The highest BCUT2D eigenvalue weighted by Crippen LogP contribution is 2.20. The number of hydrogen-bond acceptors (Lipinski definition) is 4. The maximum atomic E-state index is 12.0. The van der Waals surface area contributed by atoms with Crippen molar-refractivity contribution in [3.05, 3.63) is 52.1 Å². The van der Waals surface area contributed by atoms with Crippen molar-refractivity contribution in [2.75, 3.05) is 22.0 Å². The molecule has 0 saturated carbocycles. The van der Waals surface area contributed by atoms with Crippen LogP contribution in [0.2, 0.25) is 0 Å². The SMILES string of the molecule is Nc1ccc(SCCS(=O)(=O)Nc2cccc(I)c2)cc1. The smallest absolute Gasteiger partial charge is 0.233 e. The van der Waals surface area contributed by atoms with Gasteiger partial charge in [-0.3, -0.25) is 4.72 Å². The first-order valence-corrected chi connectivity index (χ1v) is 9.91. The topological polar surface area (TPSA) is 72.2 Å². The first-order chi connectivity index (χ1) is 9.94. The second-order valence-corrected chi connectivity index (χ2v) is 8.60. The van der Waals surface area contributed by atoms with Gasteiger partial charge in [-0.25, -0.2) is 8.42 Å². The first kappa shape index (κ1) is 16.4. The van der Waals surface area contributed by atoms with Crippen LogP contribution in [0.5, 0.6) is 0 Å². The van der Waals surface area contributed by atoms with Crippen molar-refractivity contribution in [2.45, 2.75) is 4.90 Å². The number of nitrogen functional groups attached to an aromatic ring is 1. The van der Waals surface area contributed by atoms with Gasteiger partial charge in [-0.2, -0.15) is 0 Å². The lowest BCUT2D eigenvalue weighted by Gasteiger charge is -2.08. The van der Waals surface area contributed by atoms with Gasteiger partial charge in [0.25, 0.3) is 0 Å². The molecule has 0 amide bonds. The molecule has 4 nitrogen and oxygen atoms in total. The number of hydrogen-bond donors (Lipinski definition) is 2. The highest BCUT2D eigenvalue weighted by molar-refractivity contribution is 14.1. The van der Waals surface area contributed by atoms with E-state index in [1.165, 1.54) is 11.8 Å². The molecule has 0 radical (unpaired) electrons. The number of halogens is 1. The molecule has 0 atom stereocenters. The van der Waals surface area contributed by atoms with E-state index >= 15 is 0 Å². The fourth-order valence-electron chi connectivity index (χ4n) is 1.62. The van der Waals surface area contributed by atoms with Gasteiger partial charge in [0.2, 0.25) is 10.0 Å². The fraction of sp³-hybridized carbons (Fsp3) is 0.143. The second kappa shape index (κ2) is 7.37. The molecule has 0 fully saturated rings. The number of anilines is 2.